The maximum atomic E-state index is 11.0. The zero-order chi connectivity index (χ0) is 8.10. The van der Waals surface area contributed by atoms with Crippen LogP contribution in [0.2, 0.25) is 0 Å². The lowest BCUT2D eigenvalue weighted by Gasteiger charge is -2.02. The van der Waals surface area contributed by atoms with E-state index in [0.717, 1.165) is 19.6 Å². The van der Waals surface area contributed by atoms with Gasteiger partial charge in [0.1, 0.15) is 5.78 Å². The molecule has 0 amide bonds. The number of carbonyl (C=O) groups is 1. The summed E-state index contributed by atoms with van der Waals surface area (Å²) in [4.78, 5) is 11.0. The van der Waals surface area contributed by atoms with E-state index in [9.17, 15) is 4.79 Å². The Morgan fingerprint density at radius 3 is 3.09 bits per heavy atom. The second-order valence-electron chi connectivity index (χ2n) is 2.85. The van der Waals surface area contributed by atoms with Crippen LogP contribution in [0.3, 0.4) is 0 Å². The second kappa shape index (κ2) is 4.15. The topological polar surface area (TPSA) is 26.3 Å². The number of ether oxygens (including phenoxy) is 1. The molecule has 0 saturated carbocycles. The molecule has 0 radical (unpaired) electrons. The zero-order valence-corrected chi connectivity index (χ0v) is 6.51. The maximum absolute atomic E-state index is 11.0. The van der Waals surface area contributed by atoms with Crippen LogP contribution in [0.5, 0.6) is 0 Å². The van der Waals surface area contributed by atoms with E-state index >= 15 is 0 Å². The molecule has 0 N–H and O–H groups in total. The number of carbonyl (C=O) groups excluding carboxylic acids is 1. The summed E-state index contributed by atoms with van der Waals surface area (Å²) in [5.74, 6) is 2.95. The number of terminal acetylenes is 1. The highest BCUT2D eigenvalue weighted by molar-refractivity contribution is 5.80. The quantitative estimate of drug-likeness (QED) is 0.564. The average Bonchev–Trinajstić information content (AvgIpc) is 2.40. The van der Waals surface area contributed by atoms with Crippen molar-refractivity contribution in [3.05, 3.63) is 0 Å². The van der Waals surface area contributed by atoms with Crippen molar-refractivity contribution in [3.63, 3.8) is 0 Å². The number of hydrogen-bond donors (Lipinski definition) is 0. The monoisotopic (exact) mass is 152 g/mol. The van der Waals surface area contributed by atoms with Gasteiger partial charge in [-0.25, -0.2) is 0 Å². The van der Waals surface area contributed by atoms with Gasteiger partial charge in [0, 0.05) is 19.6 Å². The Hall–Kier alpha value is -0.810. The number of rotatable bonds is 3. The molecule has 11 heavy (non-hydrogen) atoms. The van der Waals surface area contributed by atoms with Crippen molar-refractivity contribution in [2.24, 2.45) is 5.92 Å². The van der Waals surface area contributed by atoms with Crippen molar-refractivity contribution in [1.82, 2.24) is 0 Å². The van der Waals surface area contributed by atoms with E-state index in [0.29, 0.717) is 12.3 Å². The van der Waals surface area contributed by atoms with Crippen LogP contribution < -0.4 is 0 Å². The van der Waals surface area contributed by atoms with E-state index in [1.54, 1.807) is 0 Å². The molecule has 0 spiro atoms. The Morgan fingerprint density at radius 2 is 2.55 bits per heavy atom. The fourth-order valence-corrected chi connectivity index (χ4v) is 1.25. The summed E-state index contributed by atoms with van der Waals surface area (Å²) in [6.07, 6.45) is 6.89. The van der Waals surface area contributed by atoms with Crippen LogP contribution in [0.1, 0.15) is 19.3 Å². The first kappa shape index (κ1) is 8.29. The summed E-state index contributed by atoms with van der Waals surface area (Å²) in [6.45, 7) is 1.53. The van der Waals surface area contributed by atoms with E-state index in [1.165, 1.54) is 0 Å². The van der Waals surface area contributed by atoms with Crippen LogP contribution in [0.25, 0.3) is 0 Å². The van der Waals surface area contributed by atoms with Gasteiger partial charge in [-0.1, -0.05) is 5.92 Å². The molecule has 60 valence electrons. The second-order valence-corrected chi connectivity index (χ2v) is 2.85. The first-order valence-electron chi connectivity index (χ1n) is 3.86. The molecule has 0 aromatic heterocycles. The first-order valence-corrected chi connectivity index (χ1v) is 3.86. The third kappa shape index (κ3) is 2.73. The molecule has 0 aliphatic carbocycles. The number of ketones is 1. The van der Waals surface area contributed by atoms with Gasteiger partial charge in [-0.15, -0.1) is 6.42 Å². The van der Waals surface area contributed by atoms with E-state index < -0.39 is 0 Å². The minimum Gasteiger partial charge on any atom is -0.381 e. The van der Waals surface area contributed by atoms with Gasteiger partial charge in [-0.3, -0.25) is 4.79 Å². The van der Waals surface area contributed by atoms with E-state index in [2.05, 4.69) is 5.92 Å². The zero-order valence-electron chi connectivity index (χ0n) is 6.51. The largest absolute Gasteiger partial charge is 0.381 e. The molecule has 1 rings (SSSR count). The summed E-state index contributed by atoms with van der Waals surface area (Å²) in [5, 5.41) is 0. The van der Waals surface area contributed by atoms with Crippen LogP contribution >= 0.6 is 0 Å². The van der Waals surface area contributed by atoms with E-state index in [4.69, 9.17) is 11.2 Å². The number of hydrogen-bond acceptors (Lipinski definition) is 2. The van der Waals surface area contributed by atoms with Crippen molar-refractivity contribution in [2.75, 3.05) is 13.2 Å². The Morgan fingerprint density at radius 1 is 1.73 bits per heavy atom. The van der Waals surface area contributed by atoms with Crippen molar-refractivity contribution >= 4 is 5.78 Å². The van der Waals surface area contributed by atoms with Gasteiger partial charge in [0.15, 0.2) is 0 Å². The van der Waals surface area contributed by atoms with Crippen LogP contribution in [0.4, 0.5) is 0 Å². The standard InChI is InChI=1S/C9H12O2/c1-2-3-9(10)6-8-4-5-11-7-8/h1,8H,3-7H2. The third-order valence-electron chi connectivity index (χ3n) is 1.84. The highest BCUT2D eigenvalue weighted by Gasteiger charge is 2.18. The van der Waals surface area contributed by atoms with E-state index in [1.807, 2.05) is 0 Å². The van der Waals surface area contributed by atoms with Gasteiger partial charge in [0.25, 0.3) is 0 Å². The molecular formula is C9H12O2. The molecule has 1 aliphatic heterocycles. The van der Waals surface area contributed by atoms with E-state index in [-0.39, 0.29) is 12.2 Å². The van der Waals surface area contributed by atoms with Crippen molar-refractivity contribution in [3.8, 4) is 12.3 Å². The molecule has 2 heteroatoms. The highest BCUT2D eigenvalue weighted by Crippen LogP contribution is 2.16. The number of Topliss-reactive ketones (excluding diaryl/α,β-unsaturated/α-hetero) is 1. The average molecular weight is 152 g/mol. The molecular weight excluding hydrogens is 140 g/mol. The Kier molecular flexibility index (Phi) is 3.13. The highest BCUT2D eigenvalue weighted by atomic mass is 16.5. The molecule has 1 fully saturated rings. The lowest BCUT2D eigenvalue weighted by molar-refractivity contribution is -0.119. The van der Waals surface area contributed by atoms with Crippen LogP contribution in [0.15, 0.2) is 0 Å². The van der Waals surface area contributed by atoms with Gasteiger partial charge < -0.3 is 4.74 Å². The summed E-state index contributed by atoms with van der Waals surface area (Å²) >= 11 is 0. The minimum atomic E-state index is 0.169. The Bertz CT molecular complexity index is 172. The summed E-state index contributed by atoms with van der Waals surface area (Å²) in [7, 11) is 0. The van der Waals surface area contributed by atoms with Crippen LogP contribution in [-0.4, -0.2) is 19.0 Å². The van der Waals surface area contributed by atoms with Crippen LogP contribution in [0, 0.1) is 18.3 Å². The summed E-state index contributed by atoms with van der Waals surface area (Å²) < 4.78 is 5.13. The van der Waals surface area contributed by atoms with Crippen molar-refractivity contribution in [1.29, 1.82) is 0 Å². The van der Waals surface area contributed by atoms with Gasteiger partial charge in [-0.05, 0) is 12.3 Å². The Labute approximate surface area is 66.9 Å². The molecule has 1 unspecified atom stereocenters. The van der Waals surface area contributed by atoms with Gasteiger partial charge in [-0.2, -0.15) is 0 Å². The van der Waals surface area contributed by atoms with Gasteiger partial charge in [0.05, 0.1) is 6.42 Å². The first-order chi connectivity index (χ1) is 5.33. The minimum absolute atomic E-state index is 0.169. The van der Waals surface area contributed by atoms with Crippen LogP contribution in [-0.2, 0) is 9.53 Å². The van der Waals surface area contributed by atoms with Crippen molar-refractivity contribution in [2.45, 2.75) is 19.3 Å². The Balaban J connectivity index is 2.19. The van der Waals surface area contributed by atoms with Crippen molar-refractivity contribution < 1.29 is 9.53 Å². The normalized spacial score (nSPS) is 23.0. The molecule has 1 saturated heterocycles. The lowest BCUT2D eigenvalue weighted by atomic mass is 10.0. The molecule has 1 heterocycles. The predicted octanol–water partition coefficient (Wildman–Crippen LogP) is 1.01. The molecule has 0 bridgehead atoms. The predicted molar refractivity (Wildman–Crippen MR) is 42.0 cm³/mol. The van der Waals surface area contributed by atoms with Gasteiger partial charge in [0.2, 0.25) is 0 Å². The lowest BCUT2D eigenvalue weighted by Crippen LogP contribution is -2.07. The molecule has 1 aliphatic rings. The fraction of sp³-hybridized carbons (Fsp3) is 0.667. The molecule has 2 nitrogen and oxygen atoms in total. The summed E-state index contributed by atoms with van der Waals surface area (Å²) in [6, 6.07) is 0. The smallest absolute Gasteiger partial charge is 0.145 e. The molecule has 0 aromatic rings. The molecule has 0 aromatic carbocycles. The fourth-order valence-electron chi connectivity index (χ4n) is 1.25. The third-order valence-corrected chi connectivity index (χ3v) is 1.84. The molecule has 1 atom stereocenters. The summed E-state index contributed by atoms with van der Waals surface area (Å²) in [5.41, 5.74) is 0. The maximum Gasteiger partial charge on any atom is 0.145 e. The van der Waals surface area contributed by atoms with Gasteiger partial charge >= 0.3 is 0 Å². The SMILES string of the molecule is C#CCC(=O)CC1CCOC1.